The van der Waals surface area contributed by atoms with Crippen LogP contribution in [0.1, 0.15) is 16.1 Å². The van der Waals surface area contributed by atoms with E-state index in [9.17, 15) is 17.6 Å². The van der Waals surface area contributed by atoms with Gasteiger partial charge in [0.25, 0.3) is 5.91 Å². The van der Waals surface area contributed by atoms with Crippen LogP contribution in [-0.4, -0.2) is 19.3 Å². The van der Waals surface area contributed by atoms with Crippen molar-refractivity contribution in [1.29, 1.82) is 0 Å². The smallest absolute Gasteiger partial charge is 0.260 e. The first-order valence-corrected chi connectivity index (χ1v) is 8.61. The monoisotopic (exact) mass is 393 g/mol. The Kier molecular flexibility index (Phi) is 4.42. The Morgan fingerprint density at radius 2 is 2.14 bits per heavy atom. The van der Waals surface area contributed by atoms with Gasteiger partial charge in [-0.15, -0.1) is 0 Å². The number of aromatic nitrogens is 1. The number of rotatable bonds is 3. The van der Waals surface area contributed by atoms with Crippen LogP contribution in [0.3, 0.4) is 0 Å². The van der Waals surface area contributed by atoms with E-state index in [2.05, 4.69) is 26.2 Å². The van der Waals surface area contributed by atoms with Crippen molar-refractivity contribution in [2.45, 2.75) is 11.1 Å². The Bertz CT molecular complexity index is 820. The number of carbonyl (C=O) groups is 1. The number of nitrogens with two attached hydrogens (primary N) is 1. The van der Waals surface area contributed by atoms with Crippen molar-refractivity contribution >= 4 is 48.3 Å². The summed E-state index contributed by atoms with van der Waals surface area (Å²) < 4.78 is 36.4. The highest BCUT2D eigenvalue weighted by atomic mass is 79.9. The van der Waals surface area contributed by atoms with E-state index in [1.54, 1.807) is 0 Å². The second kappa shape index (κ2) is 5.79. The number of primary sulfonamides is 1. The third kappa shape index (κ3) is 3.46. The zero-order valence-electron chi connectivity index (χ0n) is 10.6. The molecule has 0 aliphatic rings. The van der Waals surface area contributed by atoms with Gasteiger partial charge >= 0.3 is 0 Å². The molecule has 1 aromatic heterocycles. The van der Waals surface area contributed by atoms with Crippen molar-refractivity contribution in [3.05, 3.63) is 39.7 Å². The second-order valence-corrected chi connectivity index (χ2v) is 7.60. The fraction of sp³-hybridized carbons (Fsp3) is 0.0909. The van der Waals surface area contributed by atoms with E-state index in [4.69, 9.17) is 5.14 Å². The molecule has 0 fully saturated rings. The summed E-state index contributed by atoms with van der Waals surface area (Å²) in [6.45, 7) is 1.45. The predicted octanol–water partition coefficient (Wildman–Crippen LogP) is 2.25. The minimum atomic E-state index is -3.90. The lowest BCUT2D eigenvalue weighted by Crippen LogP contribution is -2.13. The van der Waals surface area contributed by atoms with Gasteiger partial charge in [-0.2, -0.15) is 0 Å². The van der Waals surface area contributed by atoms with Gasteiger partial charge in [-0.1, -0.05) is 17.4 Å². The molecular formula is C11H9BrFN3O3S2. The predicted molar refractivity (Wildman–Crippen MR) is 80.3 cm³/mol. The molecule has 2 aromatic rings. The Hall–Kier alpha value is -1.36. The molecule has 21 heavy (non-hydrogen) atoms. The molecule has 0 unspecified atom stereocenters. The molecule has 0 saturated carbocycles. The van der Waals surface area contributed by atoms with Crippen molar-refractivity contribution in [2.75, 3.05) is 5.32 Å². The third-order valence-electron chi connectivity index (χ3n) is 2.43. The number of thiazole rings is 1. The Balaban J connectivity index is 2.31. The fourth-order valence-electron chi connectivity index (χ4n) is 1.54. The molecule has 0 radical (unpaired) electrons. The van der Waals surface area contributed by atoms with Gasteiger partial charge in [0, 0.05) is 0 Å². The molecule has 112 valence electrons. The van der Waals surface area contributed by atoms with Gasteiger partial charge in [-0.05, 0) is 35.0 Å². The number of anilines is 1. The van der Waals surface area contributed by atoms with E-state index in [1.165, 1.54) is 25.1 Å². The molecule has 3 N–H and O–H groups in total. The summed E-state index contributed by atoms with van der Waals surface area (Å²) in [5, 5.41) is 7.40. The van der Waals surface area contributed by atoms with Crippen molar-refractivity contribution in [2.24, 2.45) is 5.14 Å². The first-order valence-electron chi connectivity index (χ1n) is 5.45. The Morgan fingerprint density at radius 3 is 2.71 bits per heavy atom. The number of halogens is 2. The van der Waals surface area contributed by atoms with Crippen LogP contribution < -0.4 is 10.5 Å². The normalized spacial score (nSPS) is 11.4. The van der Waals surface area contributed by atoms with E-state index in [0.29, 0.717) is 11.3 Å². The third-order valence-corrected chi connectivity index (χ3v) is 5.67. The van der Waals surface area contributed by atoms with Gasteiger partial charge in [-0.25, -0.2) is 22.9 Å². The van der Waals surface area contributed by atoms with Crippen molar-refractivity contribution < 1.29 is 17.6 Å². The molecule has 0 atom stereocenters. The van der Waals surface area contributed by atoms with Gasteiger partial charge in [-0.3, -0.25) is 10.1 Å². The van der Waals surface area contributed by atoms with Gasteiger partial charge < -0.3 is 0 Å². The van der Waals surface area contributed by atoms with Crippen molar-refractivity contribution in [3.63, 3.8) is 0 Å². The number of benzene rings is 1. The lowest BCUT2D eigenvalue weighted by Gasteiger charge is -2.04. The molecule has 0 bridgehead atoms. The molecule has 1 amide bonds. The fourth-order valence-corrected chi connectivity index (χ4v) is 3.76. The SMILES string of the molecule is Cc1nc(NC(=O)c2cccc(Br)c2F)sc1S(N)(=O)=O. The molecule has 1 aromatic carbocycles. The minimum Gasteiger partial charge on any atom is -0.298 e. The number of nitrogens with zero attached hydrogens (tertiary/aromatic N) is 1. The van der Waals surface area contributed by atoms with Crippen LogP contribution in [0, 0.1) is 12.7 Å². The first-order chi connectivity index (χ1) is 9.70. The highest BCUT2D eigenvalue weighted by molar-refractivity contribution is 9.10. The van der Waals surface area contributed by atoms with Crippen LogP contribution in [0.4, 0.5) is 9.52 Å². The summed E-state index contributed by atoms with van der Waals surface area (Å²) in [7, 11) is -3.90. The number of carbonyl (C=O) groups excluding carboxylic acids is 1. The molecule has 1 heterocycles. The number of amides is 1. The molecule has 0 saturated heterocycles. The van der Waals surface area contributed by atoms with E-state index >= 15 is 0 Å². The lowest BCUT2D eigenvalue weighted by atomic mass is 10.2. The maximum absolute atomic E-state index is 13.8. The summed E-state index contributed by atoms with van der Waals surface area (Å²) in [4.78, 5) is 15.9. The topological polar surface area (TPSA) is 102 Å². The lowest BCUT2D eigenvalue weighted by molar-refractivity contribution is 0.102. The van der Waals surface area contributed by atoms with E-state index < -0.39 is 21.7 Å². The Morgan fingerprint density at radius 1 is 1.48 bits per heavy atom. The molecule has 2 rings (SSSR count). The Labute approximate surface area is 132 Å². The second-order valence-electron chi connectivity index (χ2n) is 3.99. The largest absolute Gasteiger partial charge is 0.298 e. The zero-order chi connectivity index (χ0) is 15.8. The first kappa shape index (κ1) is 16.0. The minimum absolute atomic E-state index is 0.0286. The average molecular weight is 394 g/mol. The molecule has 0 aliphatic carbocycles. The van der Waals surface area contributed by atoms with Crippen LogP contribution in [0.2, 0.25) is 0 Å². The van der Waals surface area contributed by atoms with Crippen LogP contribution >= 0.6 is 27.3 Å². The molecule has 6 nitrogen and oxygen atoms in total. The molecular weight excluding hydrogens is 385 g/mol. The van der Waals surface area contributed by atoms with Crippen molar-refractivity contribution in [3.8, 4) is 0 Å². The quantitative estimate of drug-likeness (QED) is 0.834. The van der Waals surface area contributed by atoms with Gasteiger partial charge in [0.2, 0.25) is 10.0 Å². The maximum atomic E-state index is 13.8. The average Bonchev–Trinajstić information content (AvgIpc) is 2.73. The maximum Gasteiger partial charge on any atom is 0.260 e. The summed E-state index contributed by atoms with van der Waals surface area (Å²) >= 11 is 3.69. The zero-order valence-corrected chi connectivity index (χ0v) is 13.8. The number of aryl methyl sites for hydroxylation is 1. The number of hydrogen-bond donors (Lipinski definition) is 2. The summed E-state index contributed by atoms with van der Waals surface area (Å²) in [6, 6.07) is 4.26. The van der Waals surface area contributed by atoms with Gasteiger partial charge in [0.1, 0.15) is 5.82 Å². The van der Waals surface area contributed by atoms with Crippen LogP contribution in [0.15, 0.2) is 26.9 Å². The molecule has 0 aliphatic heterocycles. The highest BCUT2D eigenvalue weighted by Crippen LogP contribution is 2.27. The van der Waals surface area contributed by atoms with Gasteiger partial charge in [0.15, 0.2) is 9.34 Å². The van der Waals surface area contributed by atoms with E-state index in [0.717, 1.165) is 0 Å². The number of nitrogens with one attached hydrogen (secondary N) is 1. The standard InChI is InChI=1S/C11H9BrFN3O3S2/c1-5-10(21(14,18)19)20-11(15-5)16-9(17)6-3-2-4-7(12)8(6)13/h2-4H,1H3,(H2,14,18,19)(H,15,16,17). The summed E-state index contributed by atoms with van der Waals surface area (Å²) in [6.07, 6.45) is 0. The van der Waals surface area contributed by atoms with Crippen LogP contribution in [0.25, 0.3) is 0 Å². The van der Waals surface area contributed by atoms with Crippen LogP contribution in [-0.2, 0) is 10.0 Å². The number of hydrogen-bond acceptors (Lipinski definition) is 5. The van der Waals surface area contributed by atoms with Gasteiger partial charge in [0.05, 0.1) is 15.7 Å². The summed E-state index contributed by atoms with van der Waals surface area (Å²) in [5.41, 5.74) is -0.0121. The highest BCUT2D eigenvalue weighted by Gasteiger charge is 2.20. The van der Waals surface area contributed by atoms with Crippen LogP contribution in [0.5, 0.6) is 0 Å². The molecule has 0 spiro atoms. The van der Waals surface area contributed by atoms with E-state index in [-0.39, 0.29) is 25.1 Å². The summed E-state index contributed by atoms with van der Waals surface area (Å²) in [5.74, 6) is -1.45. The molecule has 10 heteroatoms. The van der Waals surface area contributed by atoms with E-state index in [1.807, 2.05) is 0 Å². The van der Waals surface area contributed by atoms with Crippen molar-refractivity contribution in [1.82, 2.24) is 4.98 Å². The number of sulfonamides is 1.